The van der Waals surface area contributed by atoms with E-state index in [4.69, 9.17) is 4.74 Å². The summed E-state index contributed by atoms with van der Waals surface area (Å²) in [6.45, 7) is 1.45. The van der Waals surface area contributed by atoms with Gasteiger partial charge in [-0.15, -0.1) is 0 Å². The van der Waals surface area contributed by atoms with Gasteiger partial charge in [-0.3, -0.25) is 19.8 Å². The quantitative estimate of drug-likeness (QED) is 0.411. The maximum atomic E-state index is 13.5. The molecule has 0 unspecified atom stereocenters. The van der Waals surface area contributed by atoms with Gasteiger partial charge in [0.15, 0.2) is 0 Å². The van der Waals surface area contributed by atoms with E-state index in [0.29, 0.717) is 54.9 Å². The number of hydrogen-bond donors (Lipinski definition) is 1. The lowest BCUT2D eigenvalue weighted by molar-refractivity contribution is -0.143. The van der Waals surface area contributed by atoms with Crippen LogP contribution in [-0.4, -0.2) is 64.1 Å². The van der Waals surface area contributed by atoms with Crippen LogP contribution in [0.5, 0.6) is 0 Å². The van der Waals surface area contributed by atoms with Gasteiger partial charge in [0.25, 0.3) is 17.7 Å². The number of nitrogens with zero attached hydrogens (tertiary/aromatic N) is 3. The molecule has 3 aliphatic heterocycles. The Morgan fingerprint density at radius 2 is 1.39 bits per heavy atom. The second kappa shape index (κ2) is 8.61. The first-order valence-corrected chi connectivity index (χ1v) is 12.9. The molecule has 0 saturated carbocycles. The van der Waals surface area contributed by atoms with Crippen molar-refractivity contribution in [2.24, 2.45) is 0 Å². The van der Waals surface area contributed by atoms with E-state index < -0.39 is 17.7 Å². The monoisotopic (exact) mass is 516 g/mol. The van der Waals surface area contributed by atoms with Crippen LogP contribution in [0.15, 0.2) is 60.9 Å². The molecule has 2 aromatic heterocycles. The third kappa shape index (κ3) is 3.76. The summed E-state index contributed by atoms with van der Waals surface area (Å²) in [5.74, 6) is -3.44. The lowest BCUT2D eigenvalue weighted by Gasteiger charge is -2.40. The smallest absolute Gasteiger partial charge is 0.272 e. The minimum absolute atomic E-state index is 0.230. The second-order valence-corrected chi connectivity index (χ2v) is 10.3. The predicted molar refractivity (Wildman–Crippen MR) is 140 cm³/mol. The average Bonchev–Trinajstić information content (AvgIpc) is 3.51. The van der Waals surface area contributed by atoms with Crippen molar-refractivity contribution in [3.8, 4) is 0 Å². The van der Waals surface area contributed by atoms with Gasteiger partial charge >= 0.3 is 0 Å². The van der Waals surface area contributed by atoms with Gasteiger partial charge in [-0.25, -0.2) is 8.78 Å². The zero-order chi connectivity index (χ0) is 26.0. The Hall–Kier alpha value is -3.82. The molecular formula is C29H26F2N4O3. The number of imide groups is 1. The van der Waals surface area contributed by atoms with Crippen LogP contribution in [0, 0.1) is 0 Å². The maximum Gasteiger partial charge on any atom is 0.272 e. The van der Waals surface area contributed by atoms with Crippen molar-refractivity contribution in [2.45, 2.75) is 31.5 Å². The molecule has 4 aromatic rings. The van der Waals surface area contributed by atoms with Crippen LogP contribution in [0.2, 0.25) is 0 Å². The number of para-hydroxylation sites is 2. The van der Waals surface area contributed by atoms with E-state index in [2.05, 4.69) is 9.88 Å². The van der Waals surface area contributed by atoms with E-state index >= 15 is 0 Å². The van der Waals surface area contributed by atoms with E-state index in [1.54, 1.807) is 4.90 Å². The SMILES string of the molecule is O=C1NC(=O)C2=C1c1cn(c3ccccc13)CCO[C@H](CN1CC(F)(F)C1)CCn1cc2c2ccccc21. The Morgan fingerprint density at radius 1 is 0.842 bits per heavy atom. The number of alkyl halides is 2. The molecular weight excluding hydrogens is 490 g/mol. The molecule has 3 aliphatic rings. The topological polar surface area (TPSA) is 68.5 Å². The number of rotatable bonds is 2. The van der Waals surface area contributed by atoms with Gasteiger partial charge in [0.1, 0.15) is 0 Å². The van der Waals surface area contributed by atoms with Crippen LogP contribution in [0.1, 0.15) is 17.5 Å². The number of amides is 2. The number of aryl methyl sites for hydroxylation is 1. The fourth-order valence-corrected chi connectivity index (χ4v) is 6.08. The first kappa shape index (κ1) is 23.3. The number of carbonyl (C=O) groups excluding carboxylic acids is 2. The number of likely N-dealkylation sites (tertiary alicyclic amines) is 1. The standard InChI is InChI=1S/C29H26F2N4O3/c30-29(31)16-33(17-29)13-18-9-10-34-14-21(19-5-1-3-7-23(19)34)25-26(28(37)32-27(25)36)22-15-35(11-12-38-18)24-8-4-2-6-20(22)24/h1-8,14-15,18H,9-13,16-17H2,(H,32,36,37)/t18-/m0/s1. The lowest BCUT2D eigenvalue weighted by atomic mass is 9.95. The molecule has 7 rings (SSSR count). The Labute approximate surface area is 217 Å². The molecule has 7 nitrogen and oxygen atoms in total. The van der Waals surface area contributed by atoms with Gasteiger partial charge in [-0.2, -0.15) is 0 Å². The number of ether oxygens (including phenoxy) is 1. The van der Waals surface area contributed by atoms with Crippen molar-refractivity contribution in [1.82, 2.24) is 19.4 Å². The highest BCUT2D eigenvalue weighted by Crippen LogP contribution is 2.39. The van der Waals surface area contributed by atoms with Crippen LogP contribution in [0.25, 0.3) is 33.0 Å². The summed E-state index contributed by atoms with van der Waals surface area (Å²) in [5.41, 5.74) is 4.03. The minimum atomic E-state index is -2.63. The third-order valence-corrected chi connectivity index (χ3v) is 7.80. The molecule has 38 heavy (non-hydrogen) atoms. The van der Waals surface area contributed by atoms with Gasteiger partial charge in [0, 0.05) is 65.0 Å². The highest BCUT2D eigenvalue weighted by molar-refractivity contribution is 6.50. The number of halogens is 2. The van der Waals surface area contributed by atoms with E-state index in [9.17, 15) is 18.4 Å². The average molecular weight is 517 g/mol. The van der Waals surface area contributed by atoms with Gasteiger partial charge in [-0.05, 0) is 18.6 Å². The first-order chi connectivity index (χ1) is 18.4. The zero-order valence-corrected chi connectivity index (χ0v) is 20.6. The molecule has 0 aliphatic carbocycles. The fourth-order valence-electron chi connectivity index (χ4n) is 6.08. The maximum absolute atomic E-state index is 13.5. The number of benzene rings is 2. The predicted octanol–water partition coefficient (Wildman–Crippen LogP) is 3.90. The second-order valence-electron chi connectivity index (χ2n) is 10.3. The molecule has 0 radical (unpaired) electrons. The summed E-state index contributed by atoms with van der Waals surface area (Å²) < 4.78 is 37.4. The van der Waals surface area contributed by atoms with Crippen molar-refractivity contribution in [3.63, 3.8) is 0 Å². The van der Waals surface area contributed by atoms with Crippen LogP contribution >= 0.6 is 0 Å². The Bertz CT molecular complexity index is 1640. The number of nitrogens with one attached hydrogen (secondary N) is 1. The Kier molecular flexibility index (Phi) is 5.28. The van der Waals surface area contributed by atoms with Gasteiger partial charge in [0.05, 0.1) is 36.9 Å². The molecule has 1 fully saturated rings. The summed E-state index contributed by atoms with van der Waals surface area (Å²) in [6, 6.07) is 15.6. The van der Waals surface area contributed by atoms with Crippen molar-refractivity contribution < 1.29 is 23.1 Å². The minimum Gasteiger partial charge on any atom is -0.375 e. The molecule has 4 bridgehead atoms. The van der Waals surface area contributed by atoms with E-state index in [1.165, 1.54) is 0 Å². The molecule has 1 saturated heterocycles. The highest BCUT2D eigenvalue weighted by atomic mass is 19.3. The van der Waals surface area contributed by atoms with Crippen molar-refractivity contribution in [2.75, 3.05) is 26.2 Å². The summed E-state index contributed by atoms with van der Waals surface area (Å²) >= 11 is 0. The first-order valence-electron chi connectivity index (χ1n) is 12.9. The summed E-state index contributed by atoms with van der Waals surface area (Å²) in [4.78, 5) is 28.2. The lowest BCUT2D eigenvalue weighted by Crippen LogP contribution is -2.58. The van der Waals surface area contributed by atoms with Crippen LogP contribution in [0.3, 0.4) is 0 Å². The molecule has 194 valence electrons. The molecule has 2 amide bonds. The van der Waals surface area contributed by atoms with E-state index in [1.807, 2.05) is 65.5 Å². The number of hydrogen-bond acceptors (Lipinski definition) is 4. The highest BCUT2D eigenvalue weighted by Gasteiger charge is 2.44. The van der Waals surface area contributed by atoms with Crippen molar-refractivity contribution >= 4 is 44.8 Å². The fraction of sp³-hybridized carbons (Fsp3) is 0.310. The van der Waals surface area contributed by atoms with Crippen molar-refractivity contribution in [3.05, 3.63) is 72.1 Å². The molecule has 1 N–H and O–H groups in total. The summed E-state index contributed by atoms with van der Waals surface area (Å²) in [7, 11) is 0. The molecule has 5 heterocycles. The Morgan fingerprint density at radius 3 is 1.97 bits per heavy atom. The molecule has 1 atom stereocenters. The van der Waals surface area contributed by atoms with Gasteiger partial charge in [-0.1, -0.05) is 36.4 Å². The van der Waals surface area contributed by atoms with E-state index in [-0.39, 0.29) is 19.2 Å². The van der Waals surface area contributed by atoms with Gasteiger partial charge in [0.2, 0.25) is 0 Å². The number of aromatic nitrogens is 2. The van der Waals surface area contributed by atoms with E-state index in [0.717, 1.165) is 21.8 Å². The largest absolute Gasteiger partial charge is 0.375 e. The van der Waals surface area contributed by atoms with Crippen LogP contribution in [-0.2, 0) is 27.4 Å². The van der Waals surface area contributed by atoms with Gasteiger partial charge < -0.3 is 13.9 Å². The summed E-state index contributed by atoms with van der Waals surface area (Å²) in [5, 5.41) is 4.28. The third-order valence-electron chi connectivity index (χ3n) is 7.80. The molecule has 0 spiro atoms. The zero-order valence-electron chi connectivity index (χ0n) is 20.6. The van der Waals surface area contributed by atoms with Crippen LogP contribution < -0.4 is 5.32 Å². The number of fused-ring (bicyclic) bond motifs is 12. The molecule has 2 aromatic carbocycles. The summed E-state index contributed by atoms with van der Waals surface area (Å²) in [6.07, 6.45) is 4.23. The number of carbonyl (C=O) groups is 2. The van der Waals surface area contributed by atoms with Crippen molar-refractivity contribution in [1.29, 1.82) is 0 Å². The molecule has 9 heteroatoms. The normalized spacial score (nSPS) is 21.9. The Balaban J connectivity index is 1.39. The van der Waals surface area contributed by atoms with Crippen LogP contribution in [0.4, 0.5) is 8.78 Å².